The Hall–Kier alpha value is -2.74. The first-order chi connectivity index (χ1) is 12.3. The molecular formula is C18H22N2O5S. The van der Waals surface area contributed by atoms with Crippen LogP contribution in [-0.2, 0) is 10.0 Å². The summed E-state index contributed by atoms with van der Waals surface area (Å²) in [5.74, 6) is 0.559. The van der Waals surface area contributed by atoms with E-state index in [1.165, 1.54) is 38.5 Å². The van der Waals surface area contributed by atoms with Gasteiger partial charge in [-0.1, -0.05) is 6.07 Å². The molecule has 26 heavy (non-hydrogen) atoms. The molecule has 0 aliphatic rings. The minimum absolute atomic E-state index is 0.0105. The Morgan fingerprint density at radius 2 is 1.69 bits per heavy atom. The van der Waals surface area contributed by atoms with Gasteiger partial charge in [-0.25, -0.2) is 8.42 Å². The summed E-state index contributed by atoms with van der Waals surface area (Å²) in [5, 5.41) is 2.73. The molecule has 0 spiro atoms. The molecule has 0 saturated carbocycles. The van der Waals surface area contributed by atoms with E-state index in [2.05, 4.69) is 10.0 Å². The van der Waals surface area contributed by atoms with Gasteiger partial charge >= 0.3 is 0 Å². The lowest BCUT2D eigenvalue weighted by molar-refractivity contribution is 0.0943. The summed E-state index contributed by atoms with van der Waals surface area (Å²) in [5.41, 5.74) is 0.591. The number of benzene rings is 2. The third-order valence-corrected chi connectivity index (χ3v) is 4.84. The molecule has 0 aliphatic carbocycles. The van der Waals surface area contributed by atoms with E-state index in [0.29, 0.717) is 17.2 Å². The smallest absolute Gasteiger partial charge is 0.261 e. The van der Waals surface area contributed by atoms with Crippen molar-refractivity contribution in [2.45, 2.75) is 24.8 Å². The Labute approximate surface area is 153 Å². The number of carbonyl (C=O) groups excluding carboxylic acids is 1. The highest BCUT2D eigenvalue weighted by Crippen LogP contribution is 2.30. The third kappa shape index (κ3) is 4.66. The maximum Gasteiger partial charge on any atom is 0.261 e. The summed E-state index contributed by atoms with van der Waals surface area (Å²) in [6, 6.07) is 10.5. The molecular weight excluding hydrogens is 356 g/mol. The molecule has 1 amide bonds. The summed E-state index contributed by atoms with van der Waals surface area (Å²) >= 11 is 0. The number of ether oxygens (including phenoxy) is 2. The van der Waals surface area contributed by atoms with E-state index in [1.54, 1.807) is 18.2 Å². The zero-order chi connectivity index (χ0) is 19.3. The first-order valence-corrected chi connectivity index (χ1v) is 9.41. The molecule has 0 fully saturated rings. The van der Waals surface area contributed by atoms with E-state index >= 15 is 0 Å². The van der Waals surface area contributed by atoms with Gasteiger partial charge in [0, 0.05) is 17.7 Å². The SMILES string of the molecule is COc1ccc(NS(=O)(=O)c2cccc(C(=O)NC(C)C)c2)cc1OC. The van der Waals surface area contributed by atoms with Crippen LogP contribution in [0.2, 0.25) is 0 Å². The van der Waals surface area contributed by atoms with Crippen LogP contribution in [0.25, 0.3) is 0 Å². The molecule has 2 rings (SSSR count). The van der Waals surface area contributed by atoms with E-state index in [-0.39, 0.29) is 22.4 Å². The van der Waals surface area contributed by atoms with Gasteiger partial charge in [-0.2, -0.15) is 0 Å². The standard InChI is InChI=1S/C18H22N2O5S/c1-12(2)19-18(21)13-6-5-7-15(10-13)26(22,23)20-14-8-9-16(24-3)17(11-14)25-4/h5-12,20H,1-4H3,(H,19,21). The first-order valence-electron chi connectivity index (χ1n) is 7.92. The summed E-state index contributed by atoms with van der Waals surface area (Å²) in [4.78, 5) is 12.1. The maximum absolute atomic E-state index is 12.6. The van der Waals surface area contributed by atoms with Gasteiger partial charge in [0.25, 0.3) is 15.9 Å². The highest BCUT2D eigenvalue weighted by molar-refractivity contribution is 7.92. The van der Waals surface area contributed by atoms with Crippen molar-refractivity contribution >= 4 is 21.6 Å². The average Bonchev–Trinajstić information content (AvgIpc) is 2.60. The number of anilines is 1. The first kappa shape index (κ1) is 19.6. The number of carbonyl (C=O) groups is 1. The number of hydrogen-bond donors (Lipinski definition) is 2. The minimum atomic E-state index is -3.87. The summed E-state index contributed by atoms with van der Waals surface area (Å²) in [6.07, 6.45) is 0. The predicted octanol–water partition coefficient (Wildman–Crippen LogP) is 2.64. The van der Waals surface area contributed by atoms with Crippen molar-refractivity contribution in [2.24, 2.45) is 0 Å². The Kier molecular flexibility index (Phi) is 6.10. The van der Waals surface area contributed by atoms with E-state index < -0.39 is 10.0 Å². The highest BCUT2D eigenvalue weighted by atomic mass is 32.2. The zero-order valence-corrected chi connectivity index (χ0v) is 15.9. The highest BCUT2D eigenvalue weighted by Gasteiger charge is 2.18. The maximum atomic E-state index is 12.6. The molecule has 0 unspecified atom stereocenters. The monoisotopic (exact) mass is 378 g/mol. The Balaban J connectivity index is 2.29. The Morgan fingerprint density at radius 1 is 1.00 bits per heavy atom. The van der Waals surface area contributed by atoms with Crippen LogP contribution in [0.3, 0.4) is 0 Å². The quantitative estimate of drug-likeness (QED) is 0.772. The zero-order valence-electron chi connectivity index (χ0n) is 15.1. The van der Waals surface area contributed by atoms with Crippen LogP contribution in [-0.4, -0.2) is 34.6 Å². The molecule has 0 bridgehead atoms. The number of amides is 1. The lowest BCUT2D eigenvalue weighted by atomic mass is 10.2. The molecule has 0 radical (unpaired) electrons. The molecule has 0 aromatic heterocycles. The van der Waals surface area contributed by atoms with Gasteiger partial charge in [0.15, 0.2) is 11.5 Å². The number of sulfonamides is 1. The number of methoxy groups -OCH3 is 2. The number of hydrogen-bond acceptors (Lipinski definition) is 5. The van der Waals surface area contributed by atoms with Crippen molar-refractivity contribution < 1.29 is 22.7 Å². The second kappa shape index (κ2) is 8.09. The van der Waals surface area contributed by atoms with E-state index in [1.807, 2.05) is 13.8 Å². The van der Waals surface area contributed by atoms with Crippen molar-refractivity contribution in [1.82, 2.24) is 5.32 Å². The van der Waals surface area contributed by atoms with Gasteiger partial charge in [0.05, 0.1) is 24.8 Å². The van der Waals surface area contributed by atoms with Gasteiger partial charge in [-0.3, -0.25) is 9.52 Å². The lowest BCUT2D eigenvalue weighted by Gasteiger charge is -2.13. The van der Waals surface area contributed by atoms with Crippen molar-refractivity contribution in [3.63, 3.8) is 0 Å². The van der Waals surface area contributed by atoms with Crippen molar-refractivity contribution in [2.75, 3.05) is 18.9 Å². The number of nitrogens with one attached hydrogen (secondary N) is 2. The predicted molar refractivity (Wildman–Crippen MR) is 99.4 cm³/mol. The summed E-state index contributed by atoms with van der Waals surface area (Å²) in [7, 11) is -0.908. The Morgan fingerprint density at radius 3 is 2.31 bits per heavy atom. The normalized spacial score (nSPS) is 11.1. The van der Waals surface area contributed by atoms with Crippen LogP contribution in [0, 0.1) is 0 Å². The molecule has 140 valence electrons. The minimum Gasteiger partial charge on any atom is -0.493 e. The molecule has 2 aromatic carbocycles. The molecule has 0 atom stereocenters. The summed E-state index contributed by atoms with van der Waals surface area (Å²) < 4.78 is 38.1. The fraction of sp³-hybridized carbons (Fsp3) is 0.278. The van der Waals surface area contributed by atoms with E-state index in [9.17, 15) is 13.2 Å². The molecule has 0 saturated heterocycles. The molecule has 0 heterocycles. The van der Waals surface area contributed by atoms with Gasteiger partial charge < -0.3 is 14.8 Å². The fourth-order valence-electron chi connectivity index (χ4n) is 2.26. The van der Waals surface area contributed by atoms with Gasteiger partial charge in [0.1, 0.15) is 0 Å². The van der Waals surface area contributed by atoms with Crippen LogP contribution in [0.4, 0.5) is 5.69 Å². The van der Waals surface area contributed by atoms with Crippen LogP contribution in [0.15, 0.2) is 47.4 Å². The fourth-order valence-corrected chi connectivity index (χ4v) is 3.36. The van der Waals surface area contributed by atoms with Crippen LogP contribution in [0.5, 0.6) is 11.5 Å². The van der Waals surface area contributed by atoms with E-state index in [0.717, 1.165) is 0 Å². The second-order valence-corrected chi connectivity index (χ2v) is 7.51. The molecule has 2 N–H and O–H groups in total. The molecule has 8 heteroatoms. The molecule has 7 nitrogen and oxygen atoms in total. The van der Waals surface area contributed by atoms with Crippen molar-refractivity contribution in [3.8, 4) is 11.5 Å². The molecule has 0 aliphatic heterocycles. The number of rotatable bonds is 7. The average molecular weight is 378 g/mol. The largest absolute Gasteiger partial charge is 0.493 e. The van der Waals surface area contributed by atoms with Crippen molar-refractivity contribution in [3.05, 3.63) is 48.0 Å². The topological polar surface area (TPSA) is 93.7 Å². The third-order valence-electron chi connectivity index (χ3n) is 3.46. The van der Waals surface area contributed by atoms with Crippen LogP contribution < -0.4 is 19.5 Å². The second-order valence-electron chi connectivity index (χ2n) is 5.83. The summed E-state index contributed by atoms with van der Waals surface area (Å²) in [6.45, 7) is 3.66. The van der Waals surface area contributed by atoms with Gasteiger partial charge in [0.2, 0.25) is 0 Å². The van der Waals surface area contributed by atoms with Crippen molar-refractivity contribution in [1.29, 1.82) is 0 Å². The van der Waals surface area contributed by atoms with E-state index in [4.69, 9.17) is 9.47 Å². The Bertz CT molecular complexity index is 894. The van der Waals surface area contributed by atoms with Gasteiger partial charge in [-0.05, 0) is 44.2 Å². The van der Waals surface area contributed by atoms with Gasteiger partial charge in [-0.15, -0.1) is 0 Å². The van der Waals surface area contributed by atoms with Crippen LogP contribution >= 0.6 is 0 Å². The van der Waals surface area contributed by atoms with Crippen LogP contribution in [0.1, 0.15) is 24.2 Å². The molecule has 2 aromatic rings. The lowest BCUT2D eigenvalue weighted by Crippen LogP contribution is -2.30.